The van der Waals surface area contributed by atoms with Crippen molar-refractivity contribution in [3.05, 3.63) is 357 Å². The monoisotopic (exact) mass is 1450 g/mol. The minimum atomic E-state index is -0.365. The van der Waals surface area contributed by atoms with Crippen LogP contribution in [-0.4, -0.2) is 48.2 Å². The third-order valence-electron chi connectivity index (χ3n) is 20.2. The van der Waals surface area contributed by atoms with E-state index in [2.05, 4.69) is 310 Å². The molecule has 0 atom stereocenters. The third kappa shape index (κ3) is 14.2. The average Bonchev–Trinajstić information content (AvgIpc) is 1.58. The molecule has 14 aromatic carbocycles. The summed E-state index contributed by atoms with van der Waals surface area (Å²) in [7, 11) is -0.365. The van der Waals surface area contributed by atoms with Crippen LogP contribution in [-0.2, 0) is 9.31 Å². The van der Waals surface area contributed by atoms with Gasteiger partial charge in [-0.15, -0.1) is 22.7 Å². The second kappa shape index (κ2) is 30.0. The van der Waals surface area contributed by atoms with Crippen LogP contribution in [0.3, 0.4) is 0 Å². The second-order valence-electron chi connectivity index (χ2n) is 27.6. The van der Waals surface area contributed by atoms with Crippen molar-refractivity contribution in [2.75, 3.05) is 0 Å². The van der Waals surface area contributed by atoms with E-state index in [0.29, 0.717) is 29.1 Å². The first-order valence-corrected chi connectivity index (χ1v) is 38.1. The predicted octanol–water partition coefficient (Wildman–Crippen LogP) is 25.5. The van der Waals surface area contributed by atoms with E-state index in [9.17, 15) is 0 Å². The van der Waals surface area contributed by atoms with Crippen LogP contribution in [0.5, 0.6) is 0 Å². The number of rotatable bonds is 12. The lowest BCUT2D eigenvalue weighted by molar-refractivity contribution is 0.00578. The van der Waals surface area contributed by atoms with Gasteiger partial charge in [0.25, 0.3) is 0 Å². The van der Waals surface area contributed by atoms with Gasteiger partial charge in [-0.3, -0.25) is 0 Å². The number of benzene rings is 14. The van der Waals surface area contributed by atoms with Crippen molar-refractivity contribution in [1.29, 1.82) is 0 Å². The lowest BCUT2D eigenvalue weighted by Crippen LogP contribution is -2.41. The number of fused-ring (bicyclic) bond motifs is 6. The summed E-state index contributed by atoms with van der Waals surface area (Å²) in [6, 6.07) is 122. The molecule has 12 heteroatoms. The summed E-state index contributed by atoms with van der Waals surface area (Å²) in [6.45, 7) is 8.43. The maximum absolute atomic E-state index is 6.41. The first-order chi connectivity index (χ1) is 52.9. The Morgan fingerprint density at radius 2 is 0.472 bits per heavy atom. The smallest absolute Gasteiger partial charge is 0.399 e. The van der Waals surface area contributed by atoms with Crippen molar-refractivity contribution >= 4 is 87.2 Å². The Balaban J connectivity index is 0.000000126. The SMILES string of the molecule is CC1(C)OB(c2cccc3c2sc2c(-c4ccc(-c5ccccc5)cc4)cccc23)OC1(C)C.Clc1nc(-c2ccccc2)nc(-c2ccc(-c3ccccc3)cc2)n1.c1ccc(-c2ccc(-c3nc(-c4ccccc4)nc(-c4cccc5c4sc4c(-c6ccc(-c7ccccc7)cc6)cccc45)n3)cc2)cc1. The van der Waals surface area contributed by atoms with Crippen LogP contribution in [0.2, 0.25) is 5.28 Å². The highest BCUT2D eigenvalue weighted by Gasteiger charge is 2.52. The van der Waals surface area contributed by atoms with Gasteiger partial charge in [0.2, 0.25) is 5.28 Å². The largest absolute Gasteiger partial charge is 0.496 e. The minimum absolute atomic E-state index is 0.191. The zero-order chi connectivity index (χ0) is 73.1. The topological polar surface area (TPSA) is 95.8 Å². The van der Waals surface area contributed by atoms with E-state index < -0.39 is 0 Å². The summed E-state index contributed by atoms with van der Waals surface area (Å²) in [5, 5.41) is 5.17. The molecule has 1 aliphatic rings. The first-order valence-electron chi connectivity index (χ1n) is 36.1. The molecular formula is C96H70BClN6O2S2. The highest BCUT2D eigenvalue weighted by molar-refractivity contribution is 7.27. The summed E-state index contributed by atoms with van der Waals surface area (Å²) in [5.41, 5.74) is 19.6. The molecule has 1 fully saturated rings. The lowest BCUT2D eigenvalue weighted by Gasteiger charge is -2.32. The lowest BCUT2D eigenvalue weighted by atomic mass is 9.78. The van der Waals surface area contributed by atoms with Gasteiger partial charge < -0.3 is 9.31 Å². The Morgan fingerprint density at radius 3 is 0.824 bits per heavy atom. The second-order valence-corrected chi connectivity index (χ2v) is 30.0. The van der Waals surface area contributed by atoms with Crippen LogP contribution < -0.4 is 5.46 Å². The maximum Gasteiger partial charge on any atom is 0.496 e. The van der Waals surface area contributed by atoms with Gasteiger partial charge in [0.1, 0.15) is 0 Å². The molecule has 0 saturated carbocycles. The van der Waals surface area contributed by atoms with Crippen LogP contribution in [0.1, 0.15) is 27.7 Å². The molecule has 8 nitrogen and oxygen atoms in total. The summed E-state index contributed by atoms with van der Waals surface area (Å²) < 4.78 is 17.8. The van der Waals surface area contributed by atoms with Crippen LogP contribution in [0.4, 0.5) is 0 Å². The Hall–Kier alpha value is -12.2. The molecule has 5 heterocycles. The number of hydrogen-bond donors (Lipinski definition) is 0. The summed E-state index contributed by atoms with van der Waals surface area (Å²) in [6.07, 6.45) is 0. The first kappa shape index (κ1) is 68.9. The molecule has 518 valence electrons. The maximum atomic E-state index is 6.41. The predicted molar refractivity (Wildman–Crippen MR) is 452 cm³/mol. The third-order valence-corrected chi connectivity index (χ3v) is 23.0. The van der Waals surface area contributed by atoms with Crippen molar-refractivity contribution in [1.82, 2.24) is 29.9 Å². The van der Waals surface area contributed by atoms with Gasteiger partial charge in [-0.05, 0) is 118 Å². The van der Waals surface area contributed by atoms with Crippen LogP contribution in [0.25, 0.3) is 164 Å². The Morgan fingerprint density at radius 1 is 0.231 bits per heavy atom. The van der Waals surface area contributed by atoms with Crippen LogP contribution in [0, 0.1) is 0 Å². The molecule has 19 rings (SSSR count). The number of aromatic nitrogens is 6. The average molecular weight is 1450 g/mol. The number of halogens is 1. The van der Waals surface area contributed by atoms with Gasteiger partial charge >= 0.3 is 7.12 Å². The molecule has 18 aromatic rings. The fourth-order valence-electron chi connectivity index (χ4n) is 13.8. The molecular weight excluding hydrogens is 1380 g/mol. The zero-order valence-electron chi connectivity index (χ0n) is 59.8. The van der Waals surface area contributed by atoms with Gasteiger partial charge in [-0.25, -0.2) is 19.9 Å². The van der Waals surface area contributed by atoms with Crippen molar-refractivity contribution in [3.63, 3.8) is 0 Å². The van der Waals surface area contributed by atoms with E-state index in [-0.39, 0.29) is 23.6 Å². The Labute approximate surface area is 641 Å². The fourth-order valence-corrected chi connectivity index (χ4v) is 16.7. The quantitative estimate of drug-likeness (QED) is 0.112. The van der Waals surface area contributed by atoms with Crippen LogP contribution >= 0.6 is 34.3 Å². The minimum Gasteiger partial charge on any atom is -0.399 e. The molecule has 0 amide bonds. The molecule has 0 N–H and O–H groups in total. The van der Waals surface area contributed by atoms with Crippen molar-refractivity contribution < 1.29 is 9.31 Å². The molecule has 0 unspecified atom stereocenters. The molecule has 0 aliphatic carbocycles. The van der Waals surface area contributed by atoms with E-state index in [1.54, 1.807) is 0 Å². The van der Waals surface area contributed by atoms with Gasteiger partial charge in [0.05, 0.1) is 11.2 Å². The molecule has 4 aromatic heterocycles. The molecule has 0 radical (unpaired) electrons. The Bertz CT molecular complexity index is 6200. The van der Waals surface area contributed by atoms with Gasteiger partial charge in [-0.1, -0.05) is 346 Å². The molecule has 0 bridgehead atoms. The van der Waals surface area contributed by atoms with Crippen molar-refractivity contribution in [3.8, 4) is 124 Å². The standard InChI is InChI=1S/C45H29N3S.C30H27BO2S.C21H14ClN3/c1-4-12-30(13-5-1)32-22-26-34(27-23-32)37-18-10-19-38-39-20-11-21-40(42(39)49-41(37)38)45-47-43(35-16-8-3-9-17-35)46-44(48-45)36-28-24-33(25-29-36)31-14-6-2-7-15-31;1-29(2)30(3,4)33-31(32-29)26-15-9-14-25-24-13-8-12-23(27(24)34-28(25)26)22-18-16-21(17-19-22)20-10-6-5-7-11-20;22-21-24-19(17-9-5-2-6-10-17)23-20(25-21)18-13-11-16(12-14-18)15-7-3-1-4-8-15/h1-29H;5-19H,1-4H3;1-14H. The molecule has 1 saturated heterocycles. The zero-order valence-corrected chi connectivity index (χ0v) is 62.1. The number of thiophene rings is 2. The number of hydrogen-bond acceptors (Lipinski definition) is 10. The van der Waals surface area contributed by atoms with E-state index in [0.717, 1.165) is 44.4 Å². The van der Waals surface area contributed by atoms with Crippen LogP contribution in [0.15, 0.2) is 352 Å². The van der Waals surface area contributed by atoms with Gasteiger partial charge in [0.15, 0.2) is 29.1 Å². The fraction of sp³-hybridized carbons (Fsp3) is 0.0625. The Kier molecular flexibility index (Phi) is 19.1. The van der Waals surface area contributed by atoms with E-state index in [1.165, 1.54) is 96.0 Å². The van der Waals surface area contributed by atoms with Crippen molar-refractivity contribution in [2.24, 2.45) is 0 Å². The summed E-state index contributed by atoms with van der Waals surface area (Å²) in [5.74, 6) is 3.12. The van der Waals surface area contributed by atoms with Gasteiger partial charge in [-0.2, -0.15) is 9.97 Å². The van der Waals surface area contributed by atoms with E-state index in [1.807, 2.05) is 108 Å². The normalized spacial score (nSPS) is 12.9. The summed E-state index contributed by atoms with van der Waals surface area (Å²) in [4.78, 5) is 28.3. The number of nitrogens with zero attached hydrogens (tertiary/aromatic N) is 6. The van der Waals surface area contributed by atoms with Crippen molar-refractivity contribution in [2.45, 2.75) is 38.9 Å². The molecule has 1 aliphatic heterocycles. The van der Waals surface area contributed by atoms with Gasteiger partial charge in [0, 0.05) is 68.2 Å². The highest BCUT2D eigenvalue weighted by atomic mass is 35.5. The molecule has 108 heavy (non-hydrogen) atoms. The van der Waals surface area contributed by atoms with E-state index >= 15 is 0 Å². The highest BCUT2D eigenvalue weighted by Crippen LogP contribution is 2.46. The van der Waals surface area contributed by atoms with E-state index in [4.69, 9.17) is 35.9 Å². The molecule has 0 spiro atoms. The summed E-state index contributed by atoms with van der Waals surface area (Å²) >= 11 is 9.76.